The normalized spacial score (nSPS) is 15.8. The molecule has 0 N–H and O–H groups in total. The number of nitrogens with zero attached hydrogens (tertiary/aromatic N) is 5. The Kier molecular flexibility index (Phi) is 5.06. The lowest BCUT2D eigenvalue weighted by atomic mass is 9.91. The van der Waals surface area contributed by atoms with Gasteiger partial charge in [-0.05, 0) is 26.2 Å². The van der Waals surface area contributed by atoms with E-state index >= 15 is 0 Å². The first-order valence-corrected chi connectivity index (χ1v) is 11.4. The second kappa shape index (κ2) is 7.89. The molecular weight excluding hydrogens is 406 g/mol. The highest BCUT2D eigenvalue weighted by Gasteiger charge is 2.27. The third kappa shape index (κ3) is 3.74. The topological polar surface area (TPSA) is 65.6 Å². The summed E-state index contributed by atoms with van der Waals surface area (Å²) in [6, 6.07) is 10.3. The van der Waals surface area contributed by atoms with Gasteiger partial charge in [0.1, 0.15) is 16.5 Å². The summed E-state index contributed by atoms with van der Waals surface area (Å²) in [7, 11) is 1.84. The number of aryl methyl sites for hydroxylation is 4. The standard InChI is InChI=1S/C24H25N5OS/c1-15-16(2)31-24(26-15)19-13-25-28(3)23(19)21(30)11-17-9-10-29-14-20(27-22(29)12-17)18-7-5-4-6-8-18/h4-8,13-14,17H,9-12H2,1-3H3. The van der Waals surface area contributed by atoms with Crippen LogP contribution in [0.25, 0.3) is 21.8 Å². The van der Waals surface area contributed by atoms with Crippen LogP contribution in [0.1, 0.15) is 39.7 Å². The van der Waals surface area contributed by atoms with Gasteiger partial charge < -0.3 is 4.57 Å². The van der Waals surface area contributed by atoms with E-state index in [1.807, 2.05) is 32.2 Å². The van der Waals surface area contributed by atoms with Crippen LogP contribution in [0.15, 0.2) is 42.7 Å². The van der Waals surface area contributed by atoms with Gasteiger partial charge in [0.2, 0.25) is 0 Å². The highest BCUT2D eigenvalue weighted by molar-refractivity contribution is 7.15. The molecule has 1 atom stereocenters. The zero-order valence-corrected chi connectivity index (χ0v) is 18.8. The molecule has 1 aliphatic rings. The fraction of sp³-hybridized carbons (Fsp3) is 0.333. The lowest BCUT2D eigenvalue weighted by Crippen LogP contribution is -2.22. The number of Topliss-reactive ketones (excluding diaryl/α,β-unsaturated/α-hetero) is 1. The van der Waals surface area contributed by atoms with E-state index in [2.05, 4.69) is 39.9 Å². The first-order valence-electron chi connectivity index (χ1n) is 10.6. The van der Waals surface area contributed by atoms with Gasteiger partial charge in [0, 0.05) is 43.1 Å². The molecule has 158 valence electrons. The monoisotopic (exact) mass is 431 g/mol. The summed E-state index contributed by atoms with van der Waals surface area (Å²) in [6.07, 6.45) is 6.20. The molecule has 7 heteroatoms. The fourth-order valence-electron chi connectivity index (χ4n) is 4.29. The third-order valence-corrected chi connectivity index (χ3v) is 7.22. The summed E-state index contributed by atoms with van der Waals surface area (Å²) in [6.45, 7) is 4.96. The number of fused-ring (bicyclic) bond motifs is 1. The van der Waals surface area contributed by atoms with Crippen molar-refractivity contribution in [3.8, 4) is 21.8 Å². The van der Waals surface area contributed by atoms with E-state index < -0.39 is 0 Å². The summed E-state index contributed by atoms with van der Waals surface area (Å²) >= 11 is 1.62. The Morgan fingerprint density at radius 2 is 2.00 bits per heavy atom. The third-order valence-electron chi connectivity index (χ3n) is 6.11. The summed E-state index contributed by atoms with van der Waals surface area (Å²) in [4.78, 5) is 24.0. The highest BCUT2D eigenvalue weighted by Crippen LogP contribution is 2.32. The van der Waals surface area contributed by atoms with Gasteiger partial charge in [-0.15, -0.1) is 11.3 Å². The van der Waals surface area contributed by atoms with Gasteiger partial charge in [0.05, 0.1) is 23.1 Å². The van der Waals surface area contributed by atoms with Crippen molar-refractivity contribution in [2.45, 2.75) is 39.7 Å². The minimum absolute atomic E-state index is 0.133. The van der Waals surface area contributed by atoms with Gasteiger partial charge in [-0.3, -0.25) is 9.48 Å². The molecule has 0 spiro atoms. The second-order valence-corrected chi connectivity index (χ2v) is 9.48. The van der Waals surface area contributed by atoms with Gasteiger partial charge in [0.15, 0.2) is 5.78 Å². The average molecular weight is 432 g/mol. The quantitative estimate of drug-likeness (QED) is 0.423. The predicted molar refractivity (Wildman–Crippen MR) is 122 cm³/mol. The SMILES string of the molecule is Cc1nc(-c2cnn(C)c2C(=O)CC2CCn3cc(-c4ccccc4)nc3C2)sc1C. The predicted octanol–water partition coefficient (Wildman–Crippen LogP) is 4.86. The van der Waals surface area contributed by atoms with Gasteiger partial charge in [-0.25, -0.2) is 9.97 Å². The Morgan fingerprint density at radius 1 is 1.19 bits per heavy atom. The smallest absolute Gasteiger partial charge is 0.181 e. The molecule has 4 aromatic rings. The number of hydrogen-bond donors (Lipinski definition) is 0. The van der Waals surface area contributed by atoms with E-state index in [1.165, 1.54) is 4.88 Å². The van der Waals surface area contributed by atoms with Crippen molar-refractivity contribution in [3.63, 3.8) is 0 Å². The highest BCUT2D eigenvalue weighted by atomic mass is 32.1. The van der Waals surface area contributed by atoms with Crippen molar-refractivity contribution >= 4 is 17.1 Å². The number of aromatic nitrogens is 5. The zero-order chi connectivity index (χ0) is 21.5. The number of carbonyl (C=O) groups is 1. The van der Waals surface area contributed by atoms with Gasteiger partial charge >= 0.3 is 0 Å². The molecule has 1 aromatic carbocycles. The van der Waals surface area contributed by atoms with E-state index in [4.69, 9.17) is 4.98 Å². The molecule has 0 fully saturated rings. The van der Waals surface area contributed by atoms with E-state index in [0.29, 0.717) is 12.1 Å². The minimum Gasteiger partial charge on any atom is -0.334 e. The Balaban J connectivity index is 1.35. The van der Waals surface area contributed by atoms with E-state index in [1.54, 1.807) is 22.2 Å². The molecule has 31 heavy (non-hydrogen) atoms. The maximum Gasteiger partial charge on any atom is 0.181 e. The minimum atomic E-state index is 0.133. The molecule has 5 rings (SSSR count). The molecule has 0 saturated carbocycles. The van der Waals surface area contributed by atoms with Gasteiger partial charge in [-0.2, -0.15) is 5.10 Å². The lowest BCUT2D eigenvalue weighted by Gasteiger charge is -2.22. The van der Waals surface area contributed by atoms with Gasteiger partial charge in [0.25, 0.3) is 0 Å². The maximum atomic E-state index is 13.3. The van der Waals surface area contributed by atoms with E-state index in [-0.39, 0.29) is 11.7 Å². The first-order chi connectivity index (χ1) is 15.0. The lowest BCUT2D eigenvalue weighted by molar-refractivity contribution is 0.0945. The molecule has 0 saturated heterocycles. The van der Waals surface area contributed by atoms with Crippen LogP contribution in [0.5, 0.6) is 0 Å². The molecule has 0 radical (unpaired) electrons. The van der Waals surface area contributed by atoms with Crippen molar-refractivity contribution in [2.75, 3.05) is 0 Å². The Morgan fingerprint density at radius 3 is 2.74 bits per heavy atom. The number of benzene rings is 1. The number of imidazole rings is 1. The Hall–Kier alpha value is -3.06. The van der Waals surface area contributed by atoms with Crippen molar-refractivity contribution in [2.24, 2.45) is 13.0 Å². The maximum absolute atomic E-state index is 13.3. The van der Waals surface area contributed by atoms with E-state index in [9.17, 15) is 4.79 Å². The number of ketones is 1. The van der Waals surface area contributed by atoms with Crippen molar-refractivity contribution < 1.29 is 4.79 Å². The van der Waals surface area contributed by atoms with Crippen molar-refractivity contribution in [3.05, 3.63) is 64.8 Å². The zero-order valence-electron chi connectivity index (χ0n) is 18.0. The average Bonchev–Trinajstić information content (AvgIpc) is 3.45. The van der Waals surface area contributed by atoms with Crippen LogP contribution in [-0.4, -0.2) is 30.1 Å². The van der Waals surface area contributed by atoms with Crippen LogP contribution in [0.2, 0.25) is 0 Å². The Labute approximate surface area is 185 Å². The molecule has 0 bridgehead atoms. The fourth-order valence-corrected chi connectivity index (χ4v) is 5.21. The number of rotatable bonds is 5. The van der Waals surface area contributed by atoms with Crippen LogP contribution in [-0.2, 0) is 20.0 Å². The van der Waals surface area contributed by atoms with Crippen LogP contribution < -0.4 is 0 Å². The largest absolute Gasteiger partial charge is 0.334 e. The molecule has 1 unspecified atom stereocenters. The Bertz CT molecular complexity index is 1230. The van der Waals surface area contributed by atoms with Crippen LogP contribution in [0, 0.1) is 19.8 Å². The first kappa shape index (κ1) is 19.9. The summed E-state index contributed by atoms with van der Waals surface area (Å²) in [5, 5.41) is 5.24. The molecule has 6 nitrogen and oxygen atoms in total. The summed E-state index contributed by atoms with van der Waals surface area (Å²) in [5.74, 6) is 1.49. The van der Waals surface area contributed by atoms with Crippen LogP contribution in [0.3, 0.4) is 0 Å². The van der Waals surface area contributed by atoms with Crippen molar-refractivity contribution in [1.29, 1.82) is 0 Å². The van der Waals surface area contributed by atoms with Crippen molar-refractivity contribution in [1.82, 2.24) is 24.3 Å². The number of hydrogen-bond acceptors (Lipinski definition) is 5. The molecular formula is C24H25N5OS. The molecule has 3 aromatic heterocycles. The number of carbonyl (C=O) groups excluding carboxylic acids is 1. The van der Waals surface area contributed by atoms with E-state index in [0.717, 1.165) is 52.7 Å². The number of thiazole rings is 1. The van der Waals surface area contributed by atoms with Gasteiger partial charge in [-0.1, -0.05) is 30.3 Å². The second-order valence-electron chi connectivity index (χ2n) is 8.28. The molecule has 0 amide bonds. The molecule has 0 aliphatic carbocycles. The van der Waals surface area contributed by atoms with Crippen LogP contribution in [0.4, 0.5) is 0 Å². The summed E-state index contributed by atoms with van der Waals surface area (Å²) in [5.41, 5.74) is 4.65. The molecule has 1 aliphatic heterocycles. The molecule has 4 heterocycles. The summed E-state index contributed by atoms with van der Waals surface area (Å²) < 4.78 is 3.93. The van der Waals surface area contributed by atoms with Crippen LogP contribution >= 0.6 is 11.3 Å².